The maximum absolute atomic E-state index is 10.4. The van der Waals surface area contributed by atoms with E-state index < -0.39 is 0 Å². The molecule has 0 aliphatic heterocycles. The first-order chi connectivity index (χ1) is 6.43. The molecule has 0 heterocycles. The van der Waals surface area contributed by atoms with Crippen LogP contribution >= 0.6 is 0 Å². The van der Waals surface area contributed by atoms with Crippen LogP contribution in [0.5, 0.6) is 0 Å². The van der Waals surface area contributed by atoms with E-state index in [1.807, 2.05) is 0 Å². The quantitative estimate of drug-likeness (QED) is 0.512. The molecule has 2 nitrogen and oxygen atoms in total. The van der Waals surface area contributed by atoms with Gasteiger partial charge >= 0.3 is 0 Å². The van der Waals surface area contributed by atoms with Gasteiger partial charge in [0.1, 0.15) is 0 Å². The highest BCUT2D eigenvalue weighted by atomic mass is 16.4. The minimum atomic E-state index is 0.905. The predicted octanol–water partition coefficient (Wildman–Crippen LogP) is 3.69. The molecule has 1 aliphatic rings. The number of nitrogens with zero attached hydrogens (tertiary/aromatic N) is 1. The van der Waals surface area contributed by atoms with Crippen molar-refractivity contribution in [1.82, 2.24) is 0 Å². The molecule has 0 N–H and O–H groups in total. The van der Waals surface area contributed by atoms with E-state index in [0.29, 0.717) is 0 Å². The van der Waals surface area contributed by atoms with Crippen molar-refractivity contribution in [3.05, 3.63) is 0 Å². The Balaban J connectivity index is 2.27. The number of hydrogen-bond acceptors (Lipinski definition) is 1. The Hall–Kier alpha value is -0.530. The lowest BCUT2D eigenvalue weighted by atomic mass is 10.1. The third-order valence-corrected chi connectivity index (χ3v) is 2.81. The summed E-state index contributed by atoms with van der Waals surface area (Å²) in [5.74, 6) is 0. The van der Waals surface area contributed by atoms with Gasteiger partial charge < -0.3 is 0 Å². The van der Waals surface area contributed by atoms with Gasteiger partial charge in [-0.2, -0.15) is 0 Å². The van der Waals surface area contributed by atoms with Crippen LogP contribution in [-0.4, -0.2) is 5.71 Å². The normalized spacial score (nSPS) is 22.0. The molecule has 1 fully saturated rings. The van der Waals surface area contributed by atoms with Gasteiger partial charge in [-0.3, -0.25) is 0 Å². The molecule has 1 saturated carbocycles. The second kappa shape index (κ2) is 6.93. The molecular formula is C11H20NO. The standard InChI is InChI=1S/C11H20NO/c13-12-11-9-7-5-3-1-2-4-6-8-10-11/h1-10H2. The highest BCUT2D eigenvalue weighted by molar-refractivity contribution is 5.83. The molecule has 13 heavy (non-hydrogen) atoms. The molecule has 0 bridgehead atoms. The zero-order chi connectivity index (χ0) is 9.36. The number of rotatable bonds is 0. The Morgan fingerprint density at radius 2 is 1.08 bits per heavy atom. The van der Waals surface area contributed by atoms with Gasteiger partial charge in [-0.1, -0.05) is 38.5 Å². The first-order valence-corrected chi connectivity index (χ1v) is 5.61. The van der Waals surface area contributed by atoms with E-state index in [9.17, 15) is 5.21 Å². The van der Waals surface area contributed by atoms with E-state index in [-0.39, 0.29) is 0 Å². The van der Waals surface area contributed by atoms with Crippen molar-refractivity contribution in [3.8, 4) is 0 Å². The average Bonchev–Trinajstić information content (AvgIpc) is 2.22. The molecule has 0 saturated heterocycles. The molecule has 1 aliphatic carbocycles. The molecule has 0 aromatic heterocycles. The average molecular weight is 182 g/mol. The first kappa shape index (κ1) is 10.6. The van der Waals surface area contributed by atoms with Crippen molar-refractivity contribution in [2.75, 3.05) is 0 Å². The van der Waals surface area contributed by atoms with E-state index in [0.717, 1.165) is 18.6 Å². The van der Waals surface area contributed by atoms with Crippen LogP contribution in [0.25, 0.3) is 0 Å². The molecule has 2 heteroatoms. The highest BCUT2D eigenvalue weighted by Gasteiger charge is 2.03. The summed E-state index contributed by atoms with van der Waals surface area (Å²) < 4.78 is 0. The van der Waals surface area contributed by atoms with Crippen molar-refractivity contribution in [3.63, 3.8) is 0 Å². The molecule has 0 aromatic rings. The summed E-state index contributed by atoms with van der Waals surface area (Å²) >= 11 is 0. The summed E-state index contributed by atoms with van der Waals surface area (Å²) in [5, 5.41) is 13.5. The smallest absolute Gasteiger partial charge is 0.0624 e. The van der Waals surface area contributed by atoms with Gasteiger partial charge in [0, 0.05) is 0 Å². The fraction of sp³-hybridized carbons (Fsp3) is 0.909. The lowest BCUT2D eigenvalue weighted by Gasteiger charge is -2.00. The van der Waals surface area contributed by atoms with Crippen molar-refractivity contribution in [2.45, 2.75) is 64.2 Å². The molecule has 0 amide bonds. The van der Waals surface area contributed by atoms with Crippen LogP contribution in [0.2, 0.25) is 0 Å². The monoisotopic (exact) mass is 182 g/mol. The summed E-state index contributed by atoms with van der Waals surface area (Å²) in [6, 6.07) is 0. The first-order valence-electron chi connectivity index (χ1n) is 5.61. The van der Waals surface area contributed by atoms with Gasteiger partial charge in [-0.25, -0.2) is 0 Å². The Kier molecular flexibility index (Phi) is 5.62. The van der Waals surface area contributed by atoms with Crippen LogP contribution in [0.1, 0.15) is 64.2 Å². The van der Waals surface area contributed by atoms with E-state index in [2.05, 4.69) is 5.16 Å². The molecule has 75 valence electrons. The Bertz CT molecular complexity index is 140. The maximum atomic E-state index is 10.4. The largest absolute Gasteiger partial charge is 0.145 e. The zero-order valence-corrected chi connectivity index (χ0v) is 8.43. The Morgan fingerprint density at radius 1 is 0.692 bits per heavy atom. The van der Waals surface area contributed by atoms with Crippen LogP contribution in [0.3, 0.4) is 0 Å². The molecule has 1 rings (SSSR count). The Labute approximate surface area is 81.0 Å². The van der Waals surface area contributed by atoms with Crippen LogP contribution in [0.15, 0.2) is 5.16 Å². The summed E-state index contributed by atoms with van der Waals surface area (Å²) in [6.45, 7) is 0. The highest BCUT2D eigenvalue weighted by Crippen LogP contribution is 2.15. The lowest BCUT2D eigenvalue weighted by molar-refractivity contribution is 0.207. The topological polar surface area (TPSA) is 32.3 Å². The van der Waals surface area contributed by atoms with Gasteiger partial charge in [0.05, 0.1) is 5.71 Å². The maximum Gasteiger partial charge on any atom is 0.0624 e. The fourth-order valence-corrected chi connectivity index (χ4v) is 1.94. The summed E-state index contributed by atoms with van der Waals surface area (Å²) in [5.41, 5.74) is 0.905. The number of hydrogen-bond donors (Lipinski definition) is 0. The van der Waals surface area contributed by atoms with Crippen molar-refractivity contribution < 1.29 is 5.21 Å². The predicted molar refractivity (Wildman–Crippen MR) is 54.3 cm³/mol. The van der Waals surface area contributed by atoms with E-state index >= 15 is 0 Å². The third-order valence-electron chi connectivity index (χ3n) is 2.81. The lowest BCUT2D eigenvalue weighted by Crippen LogP contribution is -1.97. The van der Waals surface area contributed by atoms with Gasteiger partial charge in [-0.05, 0) is 30.8 Å². The summed E-state index contributed by atoms with van der Waals surface area (Å²) in [6.07, 6.45) is 12.2. The van der Waals surface area contributed by atoms with Crippen LogP contribution in [0.4, 0.5) is 0 Å². The van der Waals surface area contributed by atoms with E-state index in [1.165, 1.54) is 51.4 Å². The van der Waals surface area contributed by atoms with Gasteiger partial charge in [-0.15, -0.1) is 5.21 Å². The third kappa shape index (κ3) is 4.91. The van der Waals surface area contributed by atoms with Gasteiger partial charge in [0.25, 0.3) is 0 Å². The van der Waals surface area contributed by atoms with Crippen molar-refractivity contribution in [1.29, 1.82) is 0 Å². The fourth-order valence-electron chi connectivity index (χ4n) is 1.94. The molecule has 0 spiro atoms. The second-order valence-corrected chi connectivity index (χ2v) is 3.99. The van der Waals surface area contributed by atoms with Gasteiger partial charge in [0.2, 0.25) is 0 Å². The van der Waals surface area contributed by atoms with Crippen LogP contribution in [-0.2, 0) is 5.21 Å². The Morgan fingerprint density at radius 3 is 1.46 bits per heavy atom. The van der Waals surface area contributed by atoms with E-state index in [1.54, 1.807) is 0 Å². The molecule has 0 unspecified atom stereocenters. The summed E-state index contributed by atoms with van der Waals surface area (Å²) in [7, 11) is 0. The van der Waals surface area contributed by atoms with Crippen LogP contribution < -0.4 is 0 Å². The zero-order valence-electron chi connectivity index (χ0n) is 8.43. The minimum Gasteiger partial charge on any atom is -0.145 e. The van der Waals surface area contributed by atoms with Crippen molar-refractivity contribution in [2.24, 2.45) is 5.16 Å². The minimum absolute atomic E-state index is 0.905. The second-order valence-electron chi connectivity index (χ2n) is 3.99. The SMILES string of the molecule is [O]N=C1CCCCCCCCCC1. The summed E-state index contributed by atoms with van der Waals surface area (Å²) in [4.78, 5) is 0. The molecular weight excluding hydrogens is 162 g/mol. The molecule has 1 radical (unpaired) electrons. The van der Waals surface area contributed by atoms with Gasteiger partial charge in [0.15, 0.2) is 0 Å². The van der Waals surface area contributed by atoms with E-state index in [4.69, 9.17) is 0 Å². The van der Waals surface area contributed by atoms with Crippen LogP contribution in [0, 0.1) is 0 Å². The van der Waals surface area contributed by atoms with Crippen molar-refractivity contribution >= 4 is 5.71 Å². The molecule has 0 atom stereocenters. The molecule has 0 aromatic carbocycles.